The van der Waals surface area contributed by atoms with Crippen molar-refractivity contribution >= 4 is 0 Å². The standard InChI is InChI=1S/C17H28FN3/c1-3-8-20-10-12-21(13-11-20)9-7-17(19-2)15-5-4-6-16(18)14-15/h4-6,14,17,19H,3,7-13H2,1-2H3. The van der Waals surface area contributed by atoms with Gasteiger partial charge in [0.2, 0.25) is 0 Å². The number of halogens is 1. The maximum absolute atomic E-state index is 13.3. The van der Waals surface area contributed by atoms with E-state index in [1.165, 1.54) is 32.1 Å². The normalized spacial score (nSPS) is 18.8. The second kappa shape index (κ2) is 8.47. The summed E-state index contributed by atoms with van der Waals surface area (Å²) in [5.41, 5.74) is 1.04. The van der Waals surface area contributed by atoms with Crippen molar-refractivity contribution in [1.82, 2.24) is 15.1 Å². The number of piperazine rings is 1. The quantitative estimate of drug-likeness (QED) is 0.833. The number of benzene rings is 1. The lowest BCUT2D eigenvalue weighted by atomic mass is 10.0. The number of hydrogen-bond acceptors (Lipinski definition) is 3. The molecule has 1 aliphatic rings. The Morgan fingerprint density at radius 3 is 2.38 bits per heavy atom. The van der Waals surface area contributed by atoms with E-state index in [2.05, 4.69) is 22.0 Å². The topological polar surface area (TPSA) is 18.5 Å². The Morgan fingerprint density at radius 2 is 1.81 bits per heavy atom. The predicted molar refractivity (Wildman–Crippen MR) is 86.0 cm³/mol. The van der Waals surface area contributed by atoms with Gasteiger partial charge in [0, 0.05) is 38.8 Å². The second-order valence-corrected chi connectivity index (χ2v) is 5.87. The van der Waals surface area contributed by atoms with E-state index >= 15 is 0 Å². The van der Waals surface area contributed by atoms with E-state index in [4.69, 9.17) is 0 Å². The number of rotatable bonds is 7. The fraction of sp³-hybridized carbons (Fsp3) is 0.647. The van der Waals surface area contributed by atoms with Crippen molar-refractivity contribution in [1.29, 1.82) is 0 Å². The van der Waals surface area contributed by atoms with Crippen molar-refractivity contribution in [2.24, 2.45) is 0 Å². The van der Waals surface area contributed by atoms with Crippen molar-refractivity contribution in [2.45, 2.75) is 25.8 Å². The number of nitrogens with zero attached hydrogens (tertiary/aromatic N) is 2. The molecule has 1 aliphatic heterocycles. The van der Waals surface area contributed by atoms with Crippen molar-refractivity contribution in [3.63, 3.8) is 0 Å². The molecule has 1 fully saturated rings. The van der Waals surface area contributed by atoms with Crippen molar-refractivity contribution < 1.29 is 4.39 Å². The monoisotopic (exact) mass is 293 g/mol. The van der Waals surface area contributed by atoms with Gasteiger partial charge >= 0.3 is 0 Å². The first-order valence-electron chi connectivity index (χ1n) is 8.10. The maximum Gasteiger partial charge on any atom is 0.123 e. The molecule has 3 nitrogen and oxygen atoms in total. The molecular weight excluding hydrogens is 265 g/mol. The van der Waals surface area contributed by atoms with Crippen LogP contribution in [-0.2, 0) is 0 Å². The third-order valence-electron chi connectivity index (χ3n) is 4.34. The molecule has 0 aliphatic carbocycles. The Hall–Kier alpha value is -0.970. The summed E-state index contributed by atoms with van der Waals surface area (Å²) in [6, 6.07) is 7.17. The molecule has 21 heavy (non-hydrogen) atoms. The molecule has 1 unspecified atom stereocenters. The van der Waals surface area contributed by atoms with Gasteiger partial charge in [-0.25, -0.2) is 4.39 Å². The van der Waals surface area contributed by atoms with Gasteiger partial charge in [-0.15, -0.1) is 0 Å². The summed E-state index contributed by atoms with van der Waals surface area (Å²) in [6.07, 6.45) is 2.26. The lowest BCUT2D eigenvalue weighted by Crippen LogP contribution is -2.47. The van der Waals surface area contributed by atoms with E-state index in [9.17, 15) is 4.39 Å². The molecular formula is C17H28FN3. The predicted octanol–water partition coefficient (Wildman–Crippen LogP) is 2.50. The van der Waals surface area contributed by atoms with Gasteiger partial charge in [-0.2, -0.15) is 0 Å². The fourth-order valence-electron chi connectivity index (χ4n) is 3.07. The molecule has 1 aromatic carbocycles. The zero-order chi connectivity index (χ0) is 15.1. The van der Waals surface area contributed by atoms with Gasteiger partial charge in [0.15, 0.2) is 0 Å². The molecule has 1 saturated heterocycles. The second-order valence-electron chi connectivity index (χ2n) is 5.87. The smallest absolute Gasteiger partial charge is 0.123 e. The summed E-state index contributed by atoms with van der Waals surface area (Å²) in [5, 5.41) is 3.31. The number of nitrogens with one attached hydrogen (secondary N) is 1. The highest BCUT2D eigenvalue weighted by Crippen LogP contribution is 2.18. The molecule has 0 saturated carbocycles. The molecule has 0 aromatic heterocycles. The van der Waals surface area contributed by atoms with Crippen LogP contribution in [0.1, 0.15) is 31.4 Å². The first-order valence-corrected chi connectivity index (χ1v) is 8.10. The molecule has 0 bridgehead atoms. The van der Waals surface area contributed by atoms with Crippen LogP contribution < -0.4 is 5.32 Å². The third-order valence-corrected chi connectivity index (χ3v) is 4.34. The Kier molecular flexibility index (Phi) is 6.61. The lowest BCUT2D eigenvalue weighted by Gasteiger charge is -2.35. The van der Waals surface area contributed by atoms with Gasteiger partial charge in [-0.1, -0.05) is 19.1 Å². The van der Waals surface area contributed by atoms with Crippen LogP contribution in [0.4, 0.5) is 4.39 Å². The molecule has 0 spiro atoms. The molecule has 118 valence electrons. The Morgan fingerprint density at radius 1 is 1.14 bits per heavy atom. The average Bonchev–Trinajstić information content (AvgIpc) is 2.50. The molecule has 2 rings (SSSR count). The molecule has 1 heterocycles. The van der Waals surface area contributed by atoms with Crippen LogP contribution >= 0.6 is 0 Å². The Balaban J connectivity index is 1.79. The molecule has 1 N–H and O–H groups in total. The summed E-state index contributed by atoms with van der Waals surface area (Å²) in [7, 11) is 1.95. The fourth-order valence-corrected chi connectivity index (χ4v) is 3.07. The van der Waals surface area contributed by atoms with Crippen molar-refractivity contribution in [3.05, 3.63) is 35.6 Å². The highest BCUT2D eigenvalue weighted by Gasteiger charge is 2.17. The largest absolute Gasteiger partial charge is 0.313 e. The molecule has 0 radical (unpaired) electrons. The van der Waals surface area contributed by atoms with Crippen molar-refractivity contribution in [3.8, 4) is 0 Å². The van der Waals surface area contributed by atoms with E-state index in [0.717, 1.165) is 31.6 Å². The summed E-state index contributed by atoms with van der Waals surface area (Å²) < 4.78 is 13.3. The Bertz CT molecular complexity index is 416. The van der Waals surface area contributed by atoms with Crippen LogP contribution in [0.3, 0.4) is 0 Å². The van der Waals surface area contributed by atoms with Gasteiger partial charge in [0.1, 0.15) is 5.82 Å². The average molecular weight is 293 g/mol. The van der Waals surface area contributed by atoms with Crippen LogP contribution in [-0.4, -0.2) is 56.1 Å². The SMILES string of the molecule is CCCN1CCN(CCC(NC)c2cccc(F)c2)CC1. The van der Waals surface area contributed by atoms with Gasteiger partial charge in [-0.05, 0) is 44.1 Å². The van der Waals surface area contributed by atoms with E-state index < -0.39 is 0 Å². The van der Waals surface area contributed by atoms with Crippen LogP contribution in [0.25, 0.3) is 0 Å². The van der Waals surface area contributed by atoms with E-state index in [1.54, 1.807) is 12.1 Å². The zero-order valence-electron chi connectivity index (χ0n) is 13.3. The van der Waals surface area contributed by atoms with Crippen LogP contribution in [0, 0.1) is 5.82 Å². The first-order chi connectivity index (χ1) is 10.2. The summed E-state index contributed by atoms with van der Waals surface area (Å²) in [5.74, 6) is -0.152. The van der Waals surface area contributed by atoms with Gasteiger partial charge in [0.05, 0.1) is 0 Å². The van der Waals surface area contributed by atoms with Crippen LogP contribution in [0.15, 0.2) is 24.3 Å². The van der Waals surface area contributed by atoms with E-state index in [0.29, 0.717) is 0 Å². The summed E-state index contributed by atoms with van der Waals surface area (Å²) in [4.78, 5) is 5.06. The van der Waals surface area contributed by atoms with Crippen molar-refractivity contribution in [2.75, 3.05) is 46.3 Å². The lowest BCUT2D eigenvalue weighted by molar-refractivity contribution is 0.128. The van der Waals surface area contributed by atoms with Gasteiger partial charge in [0.25, 0.3) is 0 Å². The maximum atomic E-state index is 13.3. The van der Waals surface area contributed by atoms with E-state index in [1.807, 2.05) is 13.1 Å². The number of hydrogen-bond donors (Lipinski definition) is 1. The van der Waals surface area contributed by atoms with Crippen LogP contribution in [0.2, 0.25) is 0 Å². The first kappa shape index (κ1) is 16.4. The zero-order valence-corrected chi connectivity index (χ0v) is 13.3. The highest BCUT2D eigenvalue weighted by molar-refractivity contribution is 5.20. The summed E-state index contributed by atoms with van der Waals surface area (Å²) >= 11 is 0. The van der Waals surface area contributed by atoms with Gasteiger partial charge < -0.3 is 15.1 Å². The van der Waals surface area contributed by atoms with Crippen LogP contribution in [0.5, 0.6) is 0 Å². The third kappa shape index (κ3) is 5.06. The Labute approximate surface area is 128 Å². The molecule has 0 amide bonds. The molecule has 4 heteroatoms. The minimum absolute atomic E-state index is 0.152. The highest BCUT2D eigenvalue weighted by atomic mass is 19.1. The minimum atomic E-state index is -0.152. The molecule has 1 aromatic rings. The molecule has 1 atom stereocenters. The minimum Gasteiger partial charge on any atom is -0.313 e. The van der Waals surface area contributed by atoms with E-state index in [-0.39, 0.29) is 11.9 Å². The van der Waals surface area contributed by atoms with Gasteiger partial charge in [-0.3, -0.25) is 0 Å². The summed E-state index contributed by atoms with van der Waals surface area (Å²) in [6.45, 7) is 9.19.